The summed E-state index contributed by atoms with van der Waals surface area (Å²) in [4.78, 5) is 4.32. The molecule has 0 aliphatic heterocycles. The predicted molar refractivity (Wildman–Crippen MR) is 128 cm³/mol. The molecule has 1 aliphatic rings. The van der Waals surface area contributed by atoms with E-state index >= 15 is 0 Å². The highest BCUT2D eigenvalue weighted by Gasteiger charge is 2.50. The van der Waals surface area contributed by atoms with Gasteiger partial charge in [-0.3, -0.25) is 4.98 Å². The Balaban J connectivity index is 1.43. The standard InChI is InChI=1S/C27H28N4O2/c1-26(15-5-16-26)27(2,20-9-7-19(8-10-20)24-30-31-25(28)33-24)21-11-13-23(14-12-21)32-18-22-6-3-4-17-29-22/h3-4,6-14,17H,5,15-16,18H2,1-2H3,(H2,28,31). The SMILES string of the molecule is CC1(C(C)(c2ccc(OCc3ccccn3)cc2)c2ccc(-c3nnc(N)o3)cc2)CCC1. The van der Waals surface area contributed by atoms with Crippen LogP contribution in [0.25, 0.3) is 11.5 Å². The van der Waals surface area contributed by atoms with Crippen LogP contribution in [0, 0.1) is 5.41 Å². The van der Waals surface area contributed by atoms with Crippen LogP contribution in [0.1, 0.15) is 49.9 Å². The van der Waals surface area contributed by atoms with E-state index in [0.717, 1.165) is 17.0 Å². The molecule has 168 valence electrons. The van der Waals surface area contributed by atoms with Gasteiger partial charge in [0.1, 0.15) is 12.4 Å². The molecule has 0 spiro atoms. The van der Waals surface area contributed by atoms with E-state index in [2.05, 4.69) is 65.4 Å². The van der Waals surface area contributed by atoms with Crippen molar-refractivity contribution >= 4 is 6.01 Å². The Bertz CT molecular complexity index is 1220. The smallest absolute Gasteiger partial charge is 0.313 e. The van der Waals surface area contributed by atoms with Crippen molar-refractivity contribution in [2.24, 2.45) is 5.41 Å². The normalized spacial score (nSPS) is 16.5. The number of aromatic nitrogens is 3. The number of ether oxygens (including phenoxy) is 1. The quantitative estimate of drug-likeness (QED) is 0.391. The Hall–Kier alpha value is -3.67. The third kappa shape index (κ3) is 3.86. The minimum Gasteiger partial charge on any atom is -0.487 e. The van der Waals surface area contributed by atoms with E-state index in [0.29, 0.717) is 12.5 Å². The number of pyridine rings is 1. The van der Waals surface area contributed by atoms with Crippen molar-refractivity contribution in [1.29, 1.82) is 0 Å². The molecule has 0 bridgehead atoms. The average molecular weight is 441 g/mol. The first-order chi connectivity index (χ1) is 16.0. The molecule has 0 amide bonds. The fraction of sp³-hybridized carbons (Fsp3) is 0.296. The summed E-state index contributed by atoms with van der Waals surface area (Å²) in [5, 5.41) is 7.76. The molecule has 1 atom stereocenters. The van der Waals surface area contributed by atoms with Gasteiger partial charge in [-0.1, -0.05) is 55.7 Å². The molecule has 1 aliphatic carbocycles. The molecule has 2 aromatic heterocycles. The number of nitrogens with zero attached hydrogens (tertiary/aromatic N) is 3. The van der Waals surface area contributed by atoms with Crippen LogP contribution in [0.15, 0.2) is 77.3 Å². The van der Waals surface area contributed by atoms with Gasteiger partial charge >= 0.3 is 6.01 Å². The van der Waals surface area contributed by atoms with Gasteiger partial charge < -0.3 is 14.9 Å². The van der Waals surface area contributed by atoms with E-state index in [1.54, 1.807) is 6.20 Å². The van der Waals surface area contributed by atoms with Crippen LogP contribution in [-0.2, 0) is 12.0 Å². The fourth-order valence-electron chi connectivity index (χ4n) is 4.89. The first-order valence-electron chi connectivity index (χ1n) is 11.3. The molecule has 4 aromatic rings. The molecule has 1 saturated carbocycles. The molecule has 6 heteroatoms. The van der Waals surface area contributed by atoms with Crippen LogP contribution in [0.5, 0.6) is 5.75 Å². The maximum atomic E-state index is 5.96. The van der Waals surface area contributed by atoms with Gasteiger partial charge in [0.2, 0.25) is 5.89 Å². The first kappa shape index (κ1) is 21.2. The lowest BCUT2D eigenvalue weighted by Crippen LogP contribution is -2.47. The van der Waals surface area contributed by atoms with Crippen molar-refractivity contribution < 1.29 is 9.15 Å². The second-order valence-electron chi connectivity index (χ2n) is 9.20. The Kier molecular flexibility index (Phi) is 5.36. The lowest BCUT2D eigenvalue weighted by atomic mass is 9.50. The van der Waals surface area contributed by atoms with Gasteiger partial charge in [-0.2, -0.15) is 0 Å². The minimum atomic E-state index is -0.142. The van der Waals surface area contributed by atoms with Crippen molar-refractivity contribution in [1.82, 2.24) is 15.2 Å². The molecule has 5 rings (SSSR count). The summed E-state index contributed by atoms with van der Waals surface area (Å²) in [6.07, 6.45) is 5.44. The fourth-order valence-corrected chi connectivity index (χ4v) is 4.89. The first-order valence-corrected chi connectivity index (χ1v) is 11.3. The van der Waals surface area contributed by atoms with Gasteiger partial charge in [-0.15, -0.1) is 5.10 Å². The van der Waals surface area contributed by atoms with Crippen molar-refractivity contribution in [3.05, 3.63) is 89.7 Å². The van der Waals surface area contributed by atoms with E-state index in [4.69, 9.17) is 14.9 Å². The second-order valence-corrected chi connectivity index (χ2v) is 9.20. The number of benzene rings is 2. The van der Waals surface area contributed by atoms with Gasteiger partial charge in [0, 0.05) is 17.2 Å². The van der Waals surface area contributed by atoms with Gasteiger partial charge in [-0.05, 0) is 65.8 Å². The number of rotatable bonds is 7. The molecule has 1 fully saturated rings. The molecule has 6 nitrogen and oxygen atoms in total. The zero-order valence-corrected chi connectivity index (χ0v) is 19.0. The van der Waals surface area contributed by atoms with Crippen molar-refractivity contribution in [2.75, 3.05) is 5.73 Å². The molecular weight excluding hydrogens is 412 g/mol. The number of nitrogen functional groups attached to an aromatic ring is 1. The third-order valence-corrected chi connectivity index (χ3v) is 7.36. The molecule has 2 heterocycles. The molecule has 0 radical (unpaired) electrons. The third-order valence-electron chi connectivity index (χ3n) is 7.36. The Labute approximate surface area is 193 Å². The summed E-state index contributed by atoms with van der Waals surface area (Å²) in [6.45, 7) is 5.21. The number of nitrogens with two attached hydrogens (primary N) is 1. The summed E-state index contributed by atoms with van der Waals surface area (Å²) in [6, 6.07) is 22.9. The van der Waals surface area contributed by atoms with Crippen LogP contribution < -0.4 is 10.5 Å². The number of hydrogen-bond acceptors (Lipinski definition) is 6. The van der Waals surface area contributed by atoms with Crippen LogP contribution in [-0.4, -0.2) is 15.2 Å². The molecule has 2 aromatic carbocycles. The van der Waals surface area contributed by atoms with Crippen LogP contribution >= 0.6 is 0 Å². The maximum absolute atomic E-state index is 5.96. The van der Waals surface area contributed by atoms with Gasteiger partial charge in [0.05, 0.1) is 5.69 Å². The maximum Gasteiger partial charge on any atom is 0.313 e. The lowest BCUT2D eigenvalue weighted by Gasteiger charge is -2.53. The predicted octanol–water partition coefficient (Wildman–Crippen LogP) is 5.79. The summed E-state index contributed by atoms with van der Waals surface area (Å²) in [7, 11) is 0. The summed E-state index contributed by atoms with van der Waals surface area (Å²) in [5.74, 6) is 1.28. The average Bonchev–Trinajstić information content (AvgIpc) is 3.28. The molecule has 0 saturated heterocycles. The monoisotopic (exact) mass is 440 g/mol. The van der Waals surface area contributed by atoms with Gasteiger partial charge in [0.15, 0.2) is 0 Å². The topological polar surface area (TPSA) is 87.1 Å². The van der Waals surface area contributed by atoms with Crippen molar-refractivity contribution in [3.63, 3.8) is 0 Å². The second kappa shape index (κ2) is 8.35. The van der Waals surface area contributed by atoms with Gasteiger partial charge in [-0.25, -0.2) is 0 Å². The molecule has 2 N–H and O–H groups in total. The van der Waals surface area contributed by atoms with Crippen molar-refractivity contribution in [2.45, 2.75) is 45.1 Å². The Morgan fingerprint density at radius 2 is 1.67 bits per heavy atom. The van der Waals surface area contributed by atoms with E-state index in [-0.39, 0.29) is 16.8 Å². The van der Waals surface area contributed by atoms with E-state index in [1.165, 1.54) is 30.4 Å². The summed E-state index contributed by atoms with van der Waals surface area (Å²) < 4.78 is 11.3. The molecular formula is C27H28N4O2. The Morgan fingerprint density at radius 1 is 0.970 bits per heavy atom. The highest BCUT2D eigenvalue weighted by Crippen LogP contribution is 2.58. The molecule has 33 heavy (non-hydrogen) atoms. The zero-order chi connectivity index (χ0) is 22.9. The summed E-state index contributed by atoms with van der Waals surface area (Å²) in [5.41, 5.74) is 9.95. The highest BCUT2D eigenvalue weighted by atomic mass is 16.5. The van der Waals surface area contributed by atoms with E-state index < -0.39 is 0 Å². The van der Waals surface area contributed by atoms with Crippen molar-refractivity contribution in [3.8, 4) is 17.2 Å². The van der Waals surface area contributed by atoms with Crippen LogP contribution in [0.3, 0.4) is 0 Å². The van der Waals surface area contributed by atoms with Crippen LogP contribution in [0.4, 0.5) is 6.01 Å². The number of anilines is 1. The Morgan fingerprint density at radius 3 is 2.21 bits per heavy atom. The minimum absolute atomic E-state index is 0.0752. The van der Waals surface area contributed by atoms with Gasteiger partial charge in [0.25, 0.3) is 0 Å². The number of hydrogen-bond donors (Lipinski definition) is 1. The lowest BCUT2D eigenvalue weighted by molar-refractivity contribution is 0.0751. The van der Waals surface area contributed by atoms with E-state index in [1.807, 2.05) is 30.3 Å². The zero-order valence-electron chi connectivity index (χ0n) is 19.0. The molecule has 1 unspecified atom stereocenters. The largest absolute Gasteiger partial charge is 0.487 e. The highest BCUT2D eigenvalue weighted by molar-refractivity contribution is 5.56. The van der Waals surface area contributed by atoms with Crippen LogP contribution in [0.2, 0.25) is 0 Å². The van der Waals surface area contributed by atoms with E-state index in [9.17, 15) is 0 Å². The summed E-state index contributed by atoms with van der Waals surface area (Å²) >= 11 is 0.